The number of imide groups is 2. The van der Waals surface area contributed by atoms with E-state index < -0.39 is 17.8 Å². The zero-order valence-corrected chi connectivity index (χ0v) is 20.1. The third-order valence-electron chi connectivity index (χ3n) is 5.14. The second-order valence-corrected chi connectivity index (χ2v) is 8.77. The van der Waals surface area contributed by atoms with Gasteiger partial charge in [0, 0.05) is 15.1 Å². The zero-order valence-electron chi connectivity index (χ0n) is 17.8. The maximum Gasteiger partial charge on any atom is 0.335 e. The van der Waals surface area contributed by atoms with Crippen LogP contribution in [-0.4, -0.2) is 17.8 Å². The summed E-state index contributed by atoms with van der Waals surface area (Å²) in [4.78, 5) is 39.3. The van der Waals surface area contributed by atoms with Crippen LogP contribution in [0.4, 0.5) is 14.9 Å². The molecule has 3 aromatic carbocycles. The maximum absolute atomic E-state index is 13.5. The van der Waals surface area contributed by atoms with Gasteiger partial charge in [0.1, 0.15) is 23.7 Å². The lowest BCUT2D eigenvalue weighted by Gasteiger charge is -2.27. The van der Waals surface area contributed by atoms with E-state index in [2.05, 4.69) is 21.2 Å². The number of ether oxygens (including phenoxy) is 1. The highest BCUT2D eigenvalue weighted by atomic mass is 79.9. The zero-order chi connectivity index (χ0) is 24.4. The lowest BCUT2D eigenvalue weighted by Crippen LogP contribution is -2.54. The molecule has 4 amide bonds. The minimum absolute atomic E-state index is 0.0715. The third kappa shape index (κ3) is 4.88. The van der Waals surface area contributed by atoms with E-state index in [1.807, 2.05) is 0 Å². The molecule has 1 aliphatic heterocycles. The Morgan fingerprint density at radius 2 is 1.85 bits per heavy atom. The van der Waals surface area contributed by atoms with Gasteiger partial charge in [0.25, 0.3) is 11.8 Å². The Balaban J connectivity index is 1.70. The predicted octanol–water partition coefficient (Wildman–Crippen LogP) is 5.80. The predicted molar refractivity (Wildman–Crippen MR) is 130 cm³/mol. The molecule has 4 rings (SSSR count). The van der Waals surface area contributed by atoms with Crippen molar-refractivity contribution in [2.45, 2.75) is 13.5 Å². The average molecular weight is 544 g/mol. The molecule has 1 N–H and O–H groups in total. The SMILES string of the molecule is Cc1c(Cl)cccc1N1C(=O)NC(=O)/C(=C\c2cc(Br)ccc2OCc2cccc(F)c2)C1=O. The number of hydrogen-bond acceptors (Lipinski definition) is 4. The summed E-state index contributed by atoms with van der Waals surface area (Å²) in [6.07, 6.45) is 1.35. The van der Waals surface area contributed by atoms with Crippen molar-refractivity contribution in [3.8, 4) is 5.75 Å². The number of benzene rings is 3. The topological polar surface area (TPSA) is 75.7 Å². The Morgan fingerprint density at radius 1 is 1.09 bits per heavy atom. The van der Waals surface area contributed by atoms with Crippen molar-refractivity contribution in [2.75, 3.05) is 4.90 Å². The molecule has 1 aliphatic rings. The van der Waals surface area contributed by atoms with E-state index >= 15 is 0 Å². The quantitative estimate of drug-likeness (QED) is 0.326. The lowest BCUT2D eigenvalue weighted by molar-refractivity contribution is -0.122. The van der Waals surface area contributed by atoms with Crippen LogP contribution in [0.2, 0.25) is 5.02 Å². The third-order valence-corrected chi connectivity index (χ3v) is 6.04. The molecule has 0 aliphatic carbocycles. The van der Waals surface area contributed by atoms with Crippen molar-refractivity contribution in [2.24, 2.45) is 0 Å². The second-order valence-electron chi connectivity index (χ2n) is 7.44. The number of amides is 4. The maximum atomic E-state index is 13.5. The Hall–Kier alpha value is -3.49. The molecule has 0 spiro atoms. The first-order chi connectivity index (χ1) is 16.2. The van der Waals surface area contributed by atoms with Crippen LogP contribution in [0.25, 0.3) is 6.08 Å². The van der Waals surface area contributed by atoms with E-state index in [9.17, 15) is 18.8 Å². The molecule has 0 unspecified atom stereocenters. The Morgan fingerprint density at radius 3 is 2.62 bits per heavy atom. The van der Waals surface area contributed by atoms with Crippen molar-refractivity contribution in [3.63, 3.8) is 0 Å². The normalized spacial score (nSPS) is 15.0. The van der Waals surface area contributed by atoms with Crippen molar-refractivity contribution >= 4 is 57.1 Å². The number of urea groups is 1. The van der Waals surface area contributed by atoms with Crippen molar-refractivity contribution in [3.05, 3.63) is 98.2 Å². The molecule has 0 aromatic heterocycles. The fourth-order valence-corrected chi connectivity index (χ4v) is 3.97. The highest BCUT2D eigenvalue weighted by Crippen LogP contribution is 2.31. The standard InChI is InChI=1S/C25H17BrClFN2O4/c1-14-20(27)6-3-7-21(14)30-24(32)19(23(31)29-25(30)33)12-16-11-17(26)8-9-22(16)34-13-15-4-2-5-18(28)10-15/h2-12H,13H2,1H3,(H,29,31,33)/b19-12+. The molecule has 3 aromatic rings. The van der Waals surface area contributed by atoms with Gasteiger partial charge in [0.15, 0.2) is 0 Å². The van der Waals surface area contributed by atoms with Gasteiger partial charge in [-0.3, -0.25) is 14.9 Å². The van der Waals surface area contributed by atoms with Gasteiger partial charge in [-0.2, -0.15) is 0 Å². The van der Waals surface area contributed by atoms with Crippen molar-refractivity contribution < 1.29 is 23.5 Å². The number of barbiturate groups is 1. The molecular formula is C25H17BrClFN2O4. The molecule has 1 saturated heterocycles. The van der Waals surface area contributed by atoms with Gasteiger partial charge >= 0.3 is 6.03 Å². The molecule has 6 nitrogen and oxygen atoms in total. The van der Waals surface area contributed by atoms with E-state index in [4.69, 9.17) is 16.3 Å². The van der Waals surface area contributed by atoms with E-state index in [0.29, 0.717) is 31.9 Å². The summed E-state index contributed by atoms with van der Waals surface area (Å²) in [6.45, 7) is 1.74. The first-order valence-electron chi connectivity index (χ1n) is 10.1. The van der Waals surface area contributed by atoms with Crippen LogP contribution in [0.15, 0.2) is 70.7 Å². The average Bonchev–Trinajstić information content (AvgIpc) is 2.79. The molecule has 0 radical (unpaired) electrons. The largest absolute Gasteiger partial charge is 0.488 e. The summed E-state index contributed by atoms with van der Waals surface area (Å²) in [5.41, 5.74) is 1.56. The van der Waals surface area contributed by atoms with Gasteiger partial charge in [0.2, 0.25) is 0 Å². The minimum atomic E-state index is -0.866. The fourth-order valence-electron chi connectivity index (χ4n) is 3.42. The molecule has 172 valence electrons. The van der Waals surface area contributed by atoms with E-state index in [1.165, 1.54) is 18.2 Å². The molecule has 9 heteroatoms. The number of rotatable bonds is 5. The van der Waals surface area contributed by atoms with Crippen LogP contribution in [0, 0.1) is 12.7 Å². The van der Waals surface area contributed by atoms with E-state index in [-0.39, 0.29) is 23.7 Å². The van der Waals surface area contributed by atoms with Crippen LogP contribution in [-0.2, 0) is 16.2 Å². The Bertz CT molecular complexity index is 1360. The molecule has 0 saturated carbocycles. The smallest absolute Gasteiger partial charge is 0.335 e. The fraction of sp³-hybridized carbons (Fsp3) is 0.0800. The first-order valence-corrected chi connectivity index (χ1v) is 11.2. The van der Waals surface area contributed by atoms with Gasteiger partial charge in [-0.15, -0.1) is 0 Å². The van der Waals surface area contributed by atoms with Crippen LogP contribution in [0.1, 0.15) is 16.7 Å². The number of nitrogens with one attached hydrogen (secondary N) is 1. The van der Waals surface area contributed by atoms with Gasteiger partial charge in [-0.05, 0) is 66.6 Å². The summed E-state index contributed by atoms with van der Waals surface area (Å²) in [6, 6.07) is 15.0. The number of hydrogen-bond donors (Lipinski definition) is 1. The van der Waals surface area contributed by atoms with Gasteiger partial charge in [-0.25, -0.2) is 14.1 Å². The van der Waals surface area contributed by atoms with Crippen LogP contribution in [0.3, 0.4) is 0 Å². The van der Waals surface area contributed by atoms with Crippen molar-refractivity contribution in [1.82, 2.24) is 5.32 Å². The van der Waals surface area contributed by atoms with Crippen LogP contribution < -0.4 is 15.0 Å². The molecule has 0 bridgehead atoms. The second kappa shape index (κ2) is 9.79. The molecule has 0 atom stereocenters. The first kappa shape index (κ1) is 23.7. The summed E-state index contributed by atoms with van der Waals surface area (Å²) < 4.78 is 20.0. The van der Waals surface area contributed by atoms with Gasteiger partial charge in [-0.1, -0.05) is 45.7 Å². The number of nitrogens with zero attached hydrogens (tertiary/aromatic N) is 1. The molecular weight excluding hydrogens is 527 g/mol. The summed E-state index contributed by atoms with van der Waals surface area (Å²) in [5, 5.41) is 2.57. The molecule has 1 heterocycles. The van der Waals surface area contributed by atoms with E-state index in [0.717, 1.165) is 4.90 Å². The van der Waals surface area contributed by atoms with E-state index in [1.54, 1.807) is 55.5 Å². The Labute approximate surface area is 208 Å². The van der Waals surface area contributed by atoms with Crippen LogP contribution >= 0.6 is 27.5 Å². The number of carbonyl (C=O) groups is 3. The molecule has 34 heavy (non-hydrogen) atoms. The lowest BCUT2D eigenvalue weighted by atomic mass is 10.0. The van der Waals surface area contributed by atoms with Gasteiger partial charge in [0.05, 0.1) is 5.69 Å². The highest BCUT2D eigenvalue weighted by Gasteiger charge is 2.37. The summed E-state index contributed by atoms with van der Waals surface area (Å²) in [5.74, 6) is -1.65. The number of carbonyl (C=O) groups excluding carboxylic acids is 3. The molecule has 1 fully saturated rings. The van der Waals surface area contributed by atoms with Crippen LogP contribution in [0.5, 0.6) is 5.75 Å². The number of anilines is 1. The number of halogens is 3. The van der Waals surface area contributed by atoms with Crippen molar-refractivity contribution in [1.29, 1.82) is 0 Å². The monoisotopic (exact) mass is 542 g/mol. The Kier molecular flexibility index (Phi) is 6.81. The highest BCUT2D eigenvalue weighted by molar-refractivity contribution is 9.10. The summed E-state index contributed by atoms with van der Waals surface area (Å²) >= 11 is 9.53. The minimum Gasteiger partial charge on any atom is -0.488 e. The summed E-state index contributed by atoms with van der Waals surface area (Å²) in [7, 11) is 0. The van der Waals surface area contributed by atoms with Gasteiger partial charge < -0.3 is 4.74 Å².